The van der Waals surface area contributed by atoms with Crippen LogP contribution in [-0.4, -0.2) is 34.9 Å². The topological polar surface area (TPSA) is 32.3 Å². The first kappa shape index (κ1) is 20.1. The van der Waals surface area contributed by atoms with Crippen molar-refractivity contribution in [2.24, 2.45) is 0 Å². The molecule has 0 aliphatic carbocycles. The summed E-state index contributed by atoms with van der Waals surface area (Å²) in [6.45, 7) is 7.48. The Morgan fingerprint density at radius 3 is 2.19 bits per heavy atom. The molecule has 138 valence electrons. The molecule has 0 unspecified atom stereocenters. The van der Waals surface area contributed by atoms with E-state index in [2.05, 4.69) is 36.5 Å². The predicted octanol–water partition coefficient (Wildman–Crippen LogP) is 3.93. The van der Waals surface area contributed by atoms with Crippen LogP contribution in [0.5, 0.6) is 0 Å². The second-order valence-electron chi connectivity index (χ2n) is 6.48. The first-order valence-corrected chi connectivity index (χ1v) is 9.62. The van der Waals surface area contributed by atoms with Crippen LogP contribution < -0.4 is 5.32 Å². The van der Waals surface area contributed by atoms with E-state index in [1.54, 1.807) is 0 Å². The van der Waals surface area contributed by atoms with Gasteiger partial charge >= 0.3 is 0 Å². The minimum atomic E-state index is -0.338. The predicted molar refractivity (Wildman–Crippen MR) is 112 cm³/mol. The molecule has 0 saturated carbocycles. The number of hydrogen-bond acceptors (Lipinski definition) is 2. The van der Waals surface area contributed by atoms with Gasteiger partial charge in [-0.2, -0.15) is 0 Å². The highest BCUT2D eigenvalue weighted by Crippen LogP contribution is 2.09. The molecule has 2 aromatic rings. The lowest BCUT2D eigenvalue weighted by molar-refractivity contribution is -0.132. The molecule has 1 atom stereocenters. The maximum absolute atomic E-state index is 12.9. The number of carbonyl (C=O) groups is 1. The van der Waals surface area contributed by atoms with Gasteiger partial charge in [0.2, 0.25) is 5.91 Å². The number of carbonyl (C=O) groups excluding carboxylic acids is 1. The Labute approximate surface area is 162 Å². The van der Waals surface area contributed by atoms with E-state index in [9.17, 15) is 4.79 Å². The summed E-state index contributed by atoms with van der Waals surface area (Å²) in [6.07, 6.45) is 1.27. The molecule has 26 heavy (non-hydrogen) atoms. The number of amides is 1. The smallest absolute Gasteiger partial charge is 0.245 e. The van der Waals surface area contributed by atoms with Gasteiger partial charge in [0.15, 0.2) is 0 Å². The van der Waals surface area contributed by atoms with Crippen molar-refractivity contribution in [1.29, 1.82) is 0 Å². The van der Waals surface area contributed by atoms with E-state index in [0.29, 0.717) is 30.9 Å². The third kappa shape index (κ3) is 5.95. The minimum Gasteiger partial charge on any atom is -0.368 e. The molecule has 2 aromatic carbocycles. The summed E-state index contributed by atoms with van der Waals surface area (Å²) in [5, 5.41) is 3.32. The van der Waals surface area contributed by atoms with Crippen LogP contribution in [0.1, 0.15) is 30.5 Å². The second-order valence-corrected chi connectivity index (χ2v) is 6.98. The van der Waals surface area contributed by atoms with Crippen LogP contribution in [0.2, 0.25) is 0 Å². The quantitative estimate of drug-likeness (QED) is 0.717. The lowest BCUT2D eigenvalue weighted by Crippen LogP contribution is -2.49. The molecule has 0 fully saturated rings. The number of hydrogen-bond donors (Lipinski definition) is 1. The normalized spacial score (nSPS) is 11.7. The second kappa shape index (κ2) is 10.1. The van der Waals surface area contributed by atoms with Crippen LogP contribution in [-0.2, 0) is 17.6 Å². The van der Waals surface area contributed by atoms with Gasteiger partial charge in [-0.15, -0.1) is 0 Å². The van der Waals surface area contributed by atoms with Crippen molar-refractivity contribution in [3.05, 3.63) is 71.3 Å². The van der Waals surface area contributed by atoms with E-state index in [4.69, 9.17) is 12.2 Å². The van der Waals surface area contributed by atoms with Crippen molar-refractivity contribution in [3.63, 3.8) is 0 Å². The molecule has 0 radical (unpaired) electrons. The van der Waals surface area contributed by atoms with Crippen LogP contribution in [0.25, 0.3) is 0 Å². The fourth-order valence-corrected chi connectivity index (χ4v) is 3.25. The van der Waals surface area contributed by atoms with Crippen molar-refractivity contribution in [1.82, 2.24) is 10.2 Å². The Bertz CT molecular complexity index is 709. The Balaban J connectivity index is 2.10. The fraction of sp³-hybridized carbons (Fsp3) is 0.364. The number of rotatable bonds is 8. The molecule has 1 N–H and O–H groups in total. The van der Waals surface area contributed by atoms with Gasteiger partial charge in [0, 0.05) is 25.9 Å². The first-order valence-electron chi connectivity index (χ1n) is 9.21. The van der Waals surface area contributed by atoms with Crippen molar-refractivity contribution >= 4 is 23.1 Å². The molecule has 0 aliphatic heterocycles. The molecule has 0 saturated heterocycles. The largest absolute Gasteiger partial charge is 0.368 e. The van der Waals surface area contributed by atoms with Crippen LogP contribution in [0.4, 0.5) is 0 Å². The van der Waals surface area contributed by atoms with Gasteiger partial charge < -0.3 is 10.2 Å². The summed E-state index contributed by atoms with van der Waals surface area (Å²) in [5.41, 5.74) is 3.51. The molecule has 0 spiro atoms. The first-order chi connectivity index (χ1) is 12.5. The van der Waals surface area contributed by atoms with Gasteiger partial charge in [0.25, 0.3) is 0 Å². The maximum atomic E-state index is 12.9. The minimum absolute atomic E-state index is 0.102. The molecule has 3 nitrogen and oxygen atoms in total. The van der Waals surface area contributed by atoms with Crippen molar-refractivity contribution in [3.8, 4) is 0 Å². The Kier molecular flexibility index (Phi) is 7.79. The summed E-state index contributed by atoms with van der Waals surface area (Å²) >= 11 is 5.56. The zero-order chi connectivity index (χ0) is 18.9. The van der Waals surface area contributed by atoms with Gasteiger partial charge in [-0.25, -0.2) is 0 Å². The van der Waals surface area contributed by atoms with Crippen LogP contribution in [0.3, 0.4) is 0 Å². The molecule has 1 amide bonds. The lowest BCUT2D eigenvalue weighted by Gasteiger charge is -2.27. The van der Waals surface area contributed by atoms with Gasteiger partial charge in [0.1, 0.15) is 6.04 Å². The van der Waals surface area contributed by atoms with E-state index < -0.39 is 0 Å². The highest BCUT2D eigenvalue weighted by Gasteiger charge is 2.23. The zero-order valence-corrected chi connectivity index (χ0v) is 16.7. The molecular formula is C22H28N2OS. The Morgan fingerprint density at radius 1 is 1.00 bits per heavy atom. The van der Waals surface area contributed by atoms with Crippen LogP contribution >= 0.6 is 12.2 Å². The van der Waals surface area contributed by atoms with E-state index in [1.807, 2.05) is 49.1 Å². The number of benzene rings is 2. The summed E-state index contributed by atoms with van der Waals surface area (Å²) in [5.74, 6) is 0.102. The van der Waals surface area contributed by atoms with Crippen molar-refractivity contribution < 1.29 is 4.79 Å². The number of nitrogens with one attached hydrogen (secondary N) is 1. The summed E-state index contributed by atoms with van der Waals surface area (Å²) in [4.78, 5) is 15.5. The molecule has 4 heteroatoms. The highest BCUT2D eigenvalue weighted by atomic mass is 32.1. The number of aryl methyl sites for hydroxylation is 1. The van der Waals surface area contributed by atoms with Crippen LogP contribution in [0.15, 0.2) is 54.6 Å². The standard InChI is InChI=1S/C22H28N2OS/c1-4-24(5-2)22(25)20(15-18-9-7-6-8-10-18)23-21(26)16-19-13-11-17(3)12-14-19/h6-14,20H,4-5,15-16H2,1-3H3,(H,23,26)/t20-/m0/s1. The van der Waals surface area contributed by atoms with E-state index in [-0.39, 0.29) is 11.9 Å². The van der Waals surface area contributed by atoms with E-state index in [0.717, 1.165) is 11.1 Å². The number of nitrogens with zero attached hydrogens (tertiary/aromatic N) is 1. The van der Waals surface area contributed by atoms with E-state index in [1.165, 1.54) is 5.56 Å². The molecule has 2 rings (SSSR count). The van der Waals surface area contributed by atoms with Crippen LogP contribution in [0, 0.1) is 6.92 Å². The zero-order valence-electron chi connectivity index (χ0n) is 15.9. The average molecular weight is 369 g/mol. The van der Waals surface area contributed by atoms with Crippen molar-refractivity contribution in [2.75, 3.05) is 13.1 Å². The molecule has 0 aliphatic rings. The van der Waals surface area contributed by atoms with Gasteiger partial charge in [-0.1, -0.05) is 72.4 Å². The van der Waals surface area contributed by atoms with Gasteiger partial charge in [-0.05, 0) is 31.9 Å². The average Bonchev–Trinajstić information content (AvgIpc) is 2.65. The number of thiocarbonyl (C=S) groups is 1. The summed E-state index contributed by atoms with van der Waals surface area (Å²) in [7, 11) is 0. The summed E-state index contributed by atoms with van der Waals surface area (Å²) in [6, 6.07) is 18.1. The van der Waals surface area contributed by atoms with Gasteiger partial charge in [0.05, 0.1) is 4.99 Å². The molecule has 0 heterocycles. The SMILES string of the molecule is CCN(CC)C(=O)[C@H](Cc1ccccc1)NC(=S)Cc1ccc(C)cc1. The highest BCUT2D eigenvalue weighted by molar-refractivity contribution is 7.80. The lowest BCUT2D eigenvalue weighted by atomic mass is 10.0. The van der Waals surface area contributed by atoms with E-state index >= 15 is 0 Å². The number of likely N-dealkylation sites (N-methyl/N-ethyl adjacent to an activating group) is 1. The monoisotopic (exact) mass is 368 g/mol. The third-order valence-corrected chi connectivity index (χ3v) is 4.74. The molecule has 0 bridgehead atoms. The maximum Gasteiger partial charge on any atom is 0.245 e. The third-order valence-electron chi connectivity index (χ3n) is 4.48. The Morgan fingerprint density at radius 2 is 1.62 bits per heavy atom. The van der Waals surface area contributed by atoms with Gasteiger partial charge in [-0.3, -0.25) is 4.79 Å². The fourth-order valence-electron chi connectivity index (χ4n) is 2.94. The van der Waals surface area contributed by atoms with Crippen molar-refractivity contribution in [2.45, 2.75) is 39.7 Å². The molecule has 0 aromatic heterocycles. The molecular weight excluding hydrogens is 340 g/mol. The summed E-state index contributed by atoms with van der Waals surface area (Å²) < 4.78 is 0. The Hall–Kier alpha value is -2.20.